The van der Waals surface area contributed by atoms with Gasteiger partial charge in [-0.1, -0.05) is 97.9 Å². The van der Waals surface area contributed by atoms with Crippen LogP contribution in [-0.2, 0) is 30.0 Å². The summed E-state index contributed by atoms with van der Waals surface area (Å²) >= 11 is 0. The Balaban J connectivity index is 1.61. The van der Waals surface area contributed by atoms with Crippen LogP contribution in [0, 0.1) is 0 Å². The molecular weight excluding hydrogens is 683 g/mol. The van der Waals surface area contributed by atoms with Gasteiger partial charge in [-0.25, -0.2) is 14.8 Å². The fourth-order valence-electron chi connectivity index (χ4n) is 5.78. The first kappa shape index (κ1) is 37.9. The number of nitrogens with zero attached hydrogens (tertiary/aromatic N) is 3. The van der Waals surface area contributed by atoms with Crippen LogP contribution < -0.4 is 10.6 Å². The summed E-state index contributed by atoms with van der Waals surface area (Å²) in [5.41, 5.74) is 1.73. The summed E-state index contributed by atoms with van der Waals surface area (Å²) in [5, 5.41) is 6.59. The lowest BCUT2D eigenvalue weighted by molar-refractivity contribution is -0.181. The van der Waals surface area contributed by atoms with Crippen molar-refractivity contribution in [1.82, 2.24) is 15.4 Å². The first-order chi connectivity index (χ1) is 24.8. The minimum absolute atomic E-state index is 0.00749. The number of carbonyl (C=O) groups excluding carboxylic acids is 2. The number of anilines is 1. The van der Waals surface area contributed by atoms with Gasteiger partial charge in [0.05, 0.1) is 12.3 Å². The van der Waals surface area contributed by atoms with E-state index < -0.39 is 38.3 Å². The van der Waals surface area contributed by atoms with E-state index in [1.807, 2.05) is 97.9 Å². The summed E-state index contributed by atoms with van der Waals surface area (Å²) in [6, 6.07) is 30.5. The molecule has 0 radical (unpaired) electrons. The third-order valence-electron chi connectivity index (χ3n) is 7.96. The van der Waals surface area contributed by atoms with Crippen molar-refractivity contribution in [2.45, 2.75) is 56.7 Å². The third-order valence-corrected chi connectivity index (χ3v) is 8.72. The standard InChI is InChI=1S/C39H43N5O7S/c1-5-22-44(50-23-21-40-37(46)51-38(2,3)4)36(45)28-24-29-27-41-35(52(47,48)49)26-33(29)42-34(25-28)43-39(30-15-9-6-10-16-30,31-17-11-7-12-18-31)32-19-13-8-14-20-32/h6-20,24,26-27H,5,21-23,25H2,1-4H3,(H,40,46)(H,42,43)(H,47,48,49). The van der Waals surface area contributed by atoms with Crippen LogP contribution in [0.25, 0.3) is 6.08 Å². The maximum Gasteiger partial charge on any atom is 0.407 e. The van der Waals surface area contributed by atoms with E-state index >= 15 is 0 Å². The lowest BCUT2D eigenvalue weighted by Gasteiger charge is -2.33. The summed E-state index contributed by atoms with van der Waals surface area (Å²) in [5.74, 6) is -0.115. The van der Waals surface area contributed by atoms with Crippen molar-refractivity contribution >= 4 is 39.7 Å². The van der Waals surface area contributed by atoms with Gasteiger partial charge in [-0.2, -0.15) is 8.42 Å². The van der Waals surface area contributed by atoms with Crippen LogP contribution in [-0.4, -0.2) is 66.2 Å². The fraction of sp³-hybridized carbons (Fsp3) is 0.282. The van der Waals surface area contributed by atoms with E-state index in [9.17, 15) is 22.6 Å². The smallest absolute Gasteiger partial charge is 0.407 e. The molecule has 0 fully saturated rings. The highest BCUT2D eigenvalue weighted by atomic mass is 32.2. The molecule has 3 aromatic carbocycles. The molecule has 2 amide bonds. The average Bonchev–Trinajstić information content (AvgIpc) is 3.30. The molecule has 0 bridgehead atoms. The molecule has 5 rings (SSSR count). The number of hydroxylamine groups is 2. The SMILES string of the molecule is CCCN(OCCNC(=O)OC(C)(C)C)C(=O)C1=Cc2cnc(S(=O)(=O)O)cc2NC(=NC(c2ccccc2)(c2ccccc2)c2ccccc2)C1. The number of pyridine rings is 1. The molecule has 12 nitrogen and oxygen atoms in total. The van der Waals surface area contributed by atoms with Crippen LogP contribution in [0.5, 0.6) is 0 Å². The number of rotatable bonds is 12. The van der Waals surface area contributed by atoms with E-state index in [4.69, 9.17) is 14.6 Å². The lowest BCUT2D eigenvalue weighted by Crippen LogP contribution is -2.38. The minimum atomic E-state index is -4.66. The van der Waals surface area contributed by atoms with Gasteiger partial charge in [0.15, 0.2) is 5.03 Å². The largest absolute Gasteiger partial charge is 0.444 e. The molecule has 4 aromatic rings. The van der Waals surface area contributed by atoms with E-state index in [1.54, 1.807) is 26.8 Å². The van der Waals surface area contributed by atoms with Gasteiger partial charge in [-0.15, -0.1) is 0 Å². The average molecular weight is 726 g/mol. The molecule has 1 aliphatic rings. The van der Waals surface area contributed by atoms with Crippen molar-refractivity contribution in [2.24, 2.45) is 4.99 Å². The van der Waals surface area contributed by atoms with Gasteiger partial charge in [0, 0.05) is 42.9 Å². The number of amides is 2. The Morgan fingerprint density at radius 1 is 0.942 bits per heavy atom. The van der Waals surface area contributed by atoms with Gasteiger partial charge in [-0.3, -0.25) is 19.2 Å². The van der Waals surface area contributed by atoms with Crippen LogP contribution >= 0.6 is 0 Å². The molecular formula is C39H43N5O7S. The second-order valence-corrected chi connectivity index (χ2v) is 14.5. The van der Waals surface area contributed by atoms with E-state index in [1.165, 1.54) is 17.3 Å². The Kier molecular flexibility index (Phi) is 11.9. The maximum atomic E-state index is 14.3. The van der Waals surface area contributed by atoms with Crippen molar-refractivity contribution in [3.8, 4) is 0 Å². The summed E-state index contributed by atoms with van der Waals surface area (Å²) in [6.07, 6.45) is 2.84. The van der Waals surface area contributed by atoms with Crippen molar-refractivity contribution in [3.05, 3.63) is 131 Å². The second kappa shape index (κ2) is 16.3. The second-order valence-electron chi connectivity index (χ2n) is 13.1. The van der Waals surface area contributed by atoms with Gasteiger partial charge in [0.2, 0.25) is 0 Å². The first-order valence-corrected chi connectivity index (χ1v) is 18.4. The number of fused-ring (bicyclic) bond motifs is 1. The van der Waals surface area contributed by atoms with E-state index in [-0.39, 0.29) is 37.4 Å². The Morgan fingerprint density at radius 3 is 2.00 bits per heavy atom. The number of benzene rings is 3. The Morgan fingerprint density at radius 2 is 1.50 bits per heavy atom. The molecule has 272 valence electrons. The predicted octanol–water partition coefficient (Wildman–Crippen LogP) is 6.61. The van der Waals surface area contributed by atoms with Crippen molar-refractivity contribution in [3.63, 3.8) is 0 Å². The van der Waals surface area contributed by atoms with Crippen LogP contribution in [0.4, 0.5) is 10.5 Å². The molecule has 0 spiro atoms. The minimum Gasteiger partial charge on any atom is -0.444 e. The summed E-state index contributed by atoms with van der Waals surface area (Å²) in [6.45, 7) is 7.52. The topological polar surface area (TPSA) is 160 Å². The summed E-state index contributed by atoms with van der Waals surface area (Å²) in [7, 11) is -4.66. The number of aliphatic imine (C=N–C) groups is 1. The number of amidine groups is 1. The van der Waals surface area contributed by atoms with E-state index in [0.29, 0.717) is 17.8 Å². The number of alkyl carbamates (subject to hydrolysis) is 1. The molecule has 0 aliphatic carbocycles. The van der Waals surface area contributed by atoms with Crippen LogP contribution in [0.2, 0.25) is 0 Å². The quantitative estimate of drug-likeness (QED) is 0.0632. The fourth-order valence-corrected chi connectivity index (χ4v) is 6.23. The zero-order valence-electron chi connectivity index (χ0n) is 29.6. The van der Waals surface area contributed by atoms with Crippen LogP contribution in [0.3, 0.4) is 0 Å². The lowest BCUT2D eigenvalue weighted by atomic mass is 9.77. The normalized spacial score (nSPS) is 14.0. The van der Waals surface area contributed by atoms with Crippen molar-refractivity contribution < 1.29 is 32.1 Å². The third kappa shape index (κ3) is 9.29. The Bertz CT molecular complexity index is 1940. The van der Waals surface area contributed by atoms with Gasteiger partial charge < -0.3 is 15.4 Å². The number of aromatic nitrogens is 1. The van der Waals surface area contributed by atoms with Crippen molar-refractivity contribution in [1.29, 1.82) is 0 Å². The molecule has 52 heavy (non-hydrogen) atoms. The Labute approximate surface area is 304 Å². The number of hydrogen-bond donors (Lipinski definition) is 3. The monoisotopic (exact) mass is 725 g/mol. The van der Waals surface area contributed by atoms with Gasteiger partial charge in [0.1, 0.15) is 17.0 Å². The zero-order chi connectivity index (χ0) is 37.4. The number of carbonyl (C=O) groups is 2. The van der Waals surface area contributed by atoms with Gasteiger partial charge in [0.25, 0.3) is 5.91 Å². The van der Waals surface area contributed by atoms with E-state index in [2.05, 4.69) is 15.6 Å². The number of nitrogens with one attached hydrogen (secondary N) is 2. The highest BCUT2D eigenvalue weighted by Crippen LogP contribution is 2.41. The molecule has 0 saturated carbocycles. The molecule has 0 saturated heterocycles. The van der Waals surface area contributed by atoms with Crippen LogP contribution in [0.15, 0.2) is 119 Å². The number of hydrogen-bond acceptors (Lipinski definition) is 8. The van der Waals surface area contributed by atoms with Crippen molar-refractivity contribution in [2.75, 3.05) is 25.0 Å². The maximum absolute atomic E-state index is 14.3. The molecule has 1 aromatic heterocycles. The predicted molar refractivity (Wildman–Crippen MR) is 199 cm³/mol. The van der Waals surface area contributed by atoms with Gasteiger partial charge in [-0.05, 0) is 50.0 Å². The molecule has 13 heteroatoms. The highest BCUT2D eigenvalue weighted by molar-refractivity contribution is 7.85. The molecule has 2 heterocycles. The molecule has 3 N–H and O–H groups in total. The molecule has 1 aliphatic heterocycles. The van der Waals surface area contributed by atoms with Gasteiger partial charge >= 0.3 is 16.2 Å². The summed E-state index contributed by atoms with van der Waals surface area (Å²) < 4.78 is 39.4. The molecule has 0 unspecified atom stereocenters. The number of ether oxygens (including phenoxy) is 1. The summed E-state index contributed by atoms with van der Waals surface area (Å²) in [4.78, 5) is 41.7. The van der Waals surface area contributed by atoms with Crippen LogP contribution in [0.1, 0.15) is 62.8 Å². The zero-order valence-corrected chi connectivity index (χ0v) is 30.4. The van der Waals surface area contributed by atoms with E-state index in [0.717, 1.165) is 16.7 Å². The first-order valence-electron chi connectivity index (χ1n) is 16.9. The Hall–Kier alpha value is -5.37. The molecule has 0 atom stereocenters. The highest BCUT2D eigenvalue weighted by Gasteiger charge is 2.37.